The molecule has 1 aromatic carbocycles. The minimum absolute atomic E-state index is 0.0234. The zero-order valence-corrected chi connectivity index (χ0v) is 12.8. The molecule has 1 aliphatic carbocycles. The second-order valence-electron chi connectivity index (χ2n) is 5.98. The van der Waals surface area contributed by atoms with Gasteiger partial charge in [0.2, 0.25) is 5.89 Å². The van der Waals surface area contributed by atoms with Gasteiger partial charge < -0.3 is 9.84 Å². The molecule has 1 N–H and O–H groups in total. The number of hydrogen-bond donors (Lipinski definition) is 1. The Morgan fingerprint density at radius 2 is 2.05 bits per heavy atom. The third kappa shape index (κ3) is 2.72. The molecule has 21 heavy (non-hydrogen) atoms. The van der Waals surface area contributed by atoms with E-state index in [0.717, 1.165) is 37.5 Å². The molecular weight excluding hydrogens is 262 g/mol. The topological polar surface area (TPSA) is 51.0 Å². The lowest BCUT2D eigenvalue weighted by Crippen LogP contribution is -2.36. The molecule has 1 saturated carbocycles. The Labute approximate surface area is 126 Å². The molecule has 1 aromatic heterocycles. The summed E-state index contributed by atoms with van der Waals surface area (Å²) in [4.78, 5) is 4.69. The molecule has 0 bridgehead atoms. The second kappa shape index (κ2) is 5.98. The van der Waals surface area contributed by atoms with Crippen molar-refractivity contribution in [2.75, 3.05) is 6.54 Å². The molecule has 1 heterocycles. The summed E-state index contributed by atoms with van der Waals surface area (Å²) >= 11 is 0. The van der Waals surface area contributed by atoms with Crippen LogP contribution in [0.15, 0.2) is 34.9 Å². The molecule has 1 atom stereocenters. The average molecular weight is 285 g/mol. The zero-order chi connectivity index (χ0) is 14.7. The van der Waals surface area contributed by atoms with Gasteiger partial charge in [-0.15, -0.1) is 0 Å². The molecule has 1 fully saturated rings. The molecule has 0 radical (unpaired) electrons. The van der Waals surface area contributed by atoms with Gasteiger partial charge >= 0.3 is 0 Å². The molecule has 0 spiro atoms. The molecule has 1 unspecified atom stereocenters. The van der Waals surface area contributed by atoms with Crippen LogP contribution in [0.1, 0.15) is 50.4 Å². The summed E-state index contributed by atoms with van der Waals surface area (Å²) in [5, 5.41) is 7.66. The predicted molar refractivity (Wildman–Crippen MR) is 82.2 cm³/mol. The highest BCUT2D eigenvalue weighted by atomic mass is 16.5. The van der Waals surface area contributed by atoms with Gasteiger partial charge in [-0.1, -0.05) is 48.8 Å². The van der Waals surface area contributed by atoms with E-state index in [1.54, 1.807) is 0 Å². The fourth-order valence-corrected chi connectivity index (χ4v) is 3.14. The Bertz CT molecular complexity index is 575. The van der Waals surface area contributed by atoms with E-state index in [1.807, 2.05) is 0 Å². The van der Waals surface area contributed by atoms with Crippen LogP contribution in [0.25, 0.3) is 0 Å². The number of likely N-dealkylation sites (N-methyl/N-ethyl adjacent to an activating group) is 1. The first-order valence-corrected chi connectivity index (χ1v) is 7.86. The van der Waals surface area contributed by atoms with Gasteiger partial charge in [0.15, 0.2) is 5.82 Å². The van der Waals surface area contributed by atoms with E-state index in [2.05, 4.69) is 59.6 Å². The molecule has 3 rings (SSSR count). The molecule has 2 aromatic rings. The maximum Gasteiger partial charge on any atom is 0.228 e. The molecular formula is C17H23N3O. The molecule has 0 aliphatic heterocycles. The number of rotatable bonds is 6. The van der Waals surface area contributed by atoms with Gasteiger partial charge in [0.25, 0.3) is 0 Å². The van der Waals surface area contributed by atoms with E-state index in [4.69, 9.17) is 4.52 Å². The van der Waals surface area contributed by atoms with Gasteiger partial charge in [-0.25, -0.2) is 0 Å². The number of aromatic nitrogens is 2. The van der Waals surface area contributed by atoms with Gasteiger partial charge in [-0.3, -0.25) is 0 Å². The Balaban J connectivity index is 1.81. The van der Waals surface area contributed by atoms with Crippen LogP contribution in [0, 0.1) is 0 Å². The molecule has 112 valence electrons. The number of nitrogens with zero attached hydrogens (tertiary/aromatic N) is 2. The van der Waals surface area contributed by atoms with Gasteiger partial charge in [-0.05, 0) is 31.9 Å². The Morgan fingerprint density at radius 3 is 2.67 bits per heavy atom. The first-order valence-electron chi connectivity index (χ1n) is 7.86. The lowest BCUT2D eigenvalue weighted by atomic mass is 9.64. The van der Waals surface area contributed by atoms with Crippen molar-refractivity contribution < 1.29 is 4.52 Å². The second-order valence-corrected chi connectivity index (χ2v) is 5.98. The fourth-order valence-electron chi connectivity index (χ4n) is 3.14. The monoisotopic (exact) mass is 285 g/mol. The number of nitrogens with one attached hydrogen (secondary N) is 1. The third-order valence-corrected chi connectivity index (χ3v) is 4.46. The van der Waals surface area contributed by atoms with Gasteiger partial charge in [-0.2, -0.15) is 4.98 Å². The Hall–Kier alpha value is -1.68. The van der Waals surface area contributed by atoms with Gasteiger partial charge in [0, 0.05) is 12.5 Å². The normalized spacial score (nSPS) is 18.2. The quantitative estimate of drug-likeness (QED) is 0.886. The van der Waals surface area contributed by atoms with Crippen LogP contribution in [0.3, 0.4) is 0 Å². The summed E-state index contributed by atoms with van der Waals surface area (Å²) in [6.07, 6.45) is 4.23. The lowest BCUT2D eigenvalue weighted by Gasteiger charge is -2.39. The SMILES string of the molecule is CCNC(C)Cc1nc(C2(c3ccccc3)CCC2)no1. The van der Waals surface area contributed by atoms with Gasteiger partial charge in [0.1, 0.15) is 0 Å². The van der Waals surface area contributed by atoms with E-state index in [9.17, 15) is 0 Å². The standard InChI is InChI=1S/C17H23N3O/c1-3-18-13(2)12-15-19-16(20-21-15)17(10-7-11-17)14-8-5-4-6-9-14/h4-6,8-9,13,18H,3,7,10-12H2,1-2H3. The third-order valence-electron chi connectivity index (χ3n) is 4.46. The maximum absolute atomic E-state index is 5.48. The summed E-state index contributed by atoms with van der Waals surface area (Å²) in [6, 6.07) is 10.9. The lowest BCUT2D eigenvalue weighted by molar-refractivity contribution is 0.270. The highest BCUT2D eigenvalue weighted by molar-refractivity contribution is 5.35. The van der Waals surface area contributed by atoms with Crippen molar-refractivity contribution in [3.63, 3.8) is 0 Å². The average Bonchev–Trinajstić information content (AvgIpc) is 2.87. The summed E-state index contributed by atoms with van der Waals surface area (Å²) in [5.74, 6) is 1.60. The molecule has 4 nitrogen and oxygen atoms in total. The van der Waals surface area contributed by atoms with Crippen LogP contribution in [0.2, 0.25) is 0 Å². The smallest absolute Gasteiger partial charge is 0.228 e. The Morgan fingerprint density at radius 1 is 1.29 bits per heavy atom. The highest BCUT2D eigenvalue weighted by Crippen LogP contribution is 2.47. The Kier molecular flexibility index (Phi) is 4.06. The van der Waals surface area contributed by atoms with Crippen molar-refractivity contribution in [1.82, 2.24) is 15.5 Å². The van der Waals surface area contributed by atoms with Crippen molar-refractivity contribution in [3.05, 3.63) is 47.6 Å². The van der Waals surface area contributed by atoms with Crippen LogP contribution < -0.4 is 5.32 Å². The first-order chi connectivity index (χ1) is 10.2. The summed E-state index contributed by atoms with van der Waals surface area (Å²) in [7, 11) is 0. The van der Waals surface area contributed by atoms with Crippen molar-refractivity contribution in [2.45, 2.75) is 51.0 Å². The van der Waals surface area contributed by atoms with Crippen LogP contribution in [0.5, 0.6) is 0 Å². The largest absolute Gasteiger partial charge is 0.339 e. The molecule has 0 saturated heterocycles. The minimum atomic E-state index is -0.0234. The van der Waals surface area contributed by atoms with E-state index in [1.165, 1.54) is 12.0 Å². The first kappa shape index (κ1) is 14.3. The summed E-state index contributed by atoms with van der Waals surface area (Å²) in [5.41, 5.74) is 1.29. The van der Waals surface area contributed by atoms with E-state index in [-0.39, 0.29) is 5.41 Å². The van der Waals surface area contributed by atoms with Crippen molar-refractivity contribution >= 4 is 0 Å². The van der Waals surface area contributed by atoms with Crippen molar-refractivity contribution in [3.8, 4) is 0 Å². The molecule has 1 aliphatic rings. The number of benzene rings is 1. The van der Waals surface area contributed by atoms with Crippen LogP contribution in [-0.4, -0.2) is 22.7 Å². The fraction of sp³-hybridized carbons (Fsp3) is 0.529. The van der Waals surface area contributed by atoms with Crippen molar-refractivity contribution in [1.29, 1.82) is 0 Å². The minimum Gasteiger partial charge on any atom is -0.339 e. The van der Waals surface area contributed by atoms with E-state index < -0.39 is 0 Å². The maximum atomic E-state index is 5.48. The highest BCUT2D eigenvalue weighted by Gasteiger charge is 2.44. The van der Waals surface area contributed by atoms with Crippen molar-refractivity contribution in [2.24, 2.45) is 0 Å². The predicted octanol–water partition coefficient (Wildman–Crippen LogP) is 3.08. The zero-order valence-electron chi connectivity index (χ0n) is 12.8. The molecule has 0 amide bonds. The molecule has 4 heteroatoms. The van der Waals surface area contributed by atoms with Gasteiger partial charge in [0.05, 0.1) is 5.41 Å². The van der Waals surface area contributed by atoms with E-state index >= 15 is 0 Å². The number of hydrogen-bond acceptors (Lipinski definition) is 4. The van der Waals surface area contributed by atoms with Crippen LogP contribution >= 0.6 is 0 Å². The summed E-state index contributed by atoms with van der Waals surface area (Å²) in [6.45, 7) is 5.20. The summed E-state index contributed by atoms with van der Waals surface area (Å²) < 4.78 is 5.48. The van der Waals surface area contributed by atoms with E-state index in [0.29, 0.717) is 6.04 Å². The van der Waals surface area contributed by atoms with Crippen LogP contribution in [-0.2, 0) is 11.8 Å². The van der Waals surface area contributed by atoms with Crippen LogP contribution in [0.4, 0.5) is 0 Å².